The van der Waals surface area contributed by atoms with E-state index in [9.17, 15) is 17.7 Å². The minimum Gasteiger partial charge on any atom is -0.573 e. The summed E-state index contributed by atoms with van der Waals surface area (Å²) >= 11 is 10.8. The highest BCUT2D eigenvalue weighted by molar-refractivity contribution is 7.90. The van der Waals surface area contributed by atoms with Crippen molar-refractivity contribution < 1.29 is 22.5 Å². The zero-order valence-electron chi connectivity index (χ0n) is 16.5. The Morgan fingerprint density at radius 2 is 1.81 bits per heavy atom. The first-order valence-corrected chi connectivity index (χ1v) is 10.6. The van der Waals surface area contributed by atoms with Crippen molar-refractivity contribution in [3.8, 4) is 5.75 Å². The summed E-state index contributed by atoms with van der Waals surface area (Å²) in [6.07, 6.45) is -4.84. The number of halogens is 5. The van der Waals surface area contributed by atoms with Gasteiger partial charge >= 0.3 is 6.36 Å². The number of pyridine rings is 1. The number of nitrogens with one attached hydrogen (secondary N) is 2. The molecule has 0 fully saturated rings. The van der Waals surface area contributed by atoms with E-state index in [1.54, 1.807) is 33.2 Å². The third-order valence-electron chi connectivity index (χ3n) is 4.08. The summed E-state index contributed by atoms with van der Waals surface area (Å²) in [4.78, 5) is 4.54. The van der Waals surface area contributed by atoms with Crippen LogP contribution in [-0.4, -0.2) is 34.3 Å². The fraction of sp³-hybridized carbons (Fsp3) is 0.211. The van der Waals surface area contributed by atoms with Crippen molar-refractivity contribution in [1.82, 2.24) is 9.29 Å². The van der Waals surface area contributed by atoms with Crippen molar-refractivity contribution in [1.29, 1.82) is 0 Å². The predicted octanol–water partition coefficient (Wildman–Crippen LogP) is 6.04. The van der Waals surface area contributed by atoms with Crippen LogP contribution in [0.4, 0.5) is 30.4 Å². The van der Waals surface area contributed by atoms with Crippen LogP contribution in [0.1, 0.15) is 5.56 Å². The molecule has 12 heteroatoms. The Kier molecular flexibility index (Phi) is 6.97. The van der Waals surface area contributed by atoms with E-state index in [1.807, 2.05) is 6.07 Å². The van der Waals surface area contributed by atoms with Gasteiger partial charge in [0.25, 0.3) is 0 Å². The maximum Gasteiger partial charge on any atom is 0.573 e. The van der Waals surface area contributed by atoms with Crippen LogP contribution >= 0.6 is 23.2 Å². The molecule has 1 unspecified atom stereocenters. The number of fused-ring (bicyclic) bond motifs is 1. The maximum atomic E-state index is 12.4. The van der Waals surface area contributed by atoms with Gasteiger partial charge in [-0.05, 0) is 48.9 Å². The van der Waals surface area contributed by atoms with E-state index in [0.717, 1.165) is 11.6 Å². The Labute approximate surface area is 189 Å². The van der Waals surface area contributed by atoms with Gasteiger partial charge in [-0.25, -0.2) is 4.98 Å². The topological polar surface area (TPSA) is 72.5 Å². The summed E-state index contributed by atoms with van der Waals surface area (Å²) in [5.74, 6) is -0.0728. The van der Waals surface area contributed by atoms with E-state index < -0.39 is 23.7 Å². The Balaban J connectivity index is 1.94. The average molecular weight is 493 g/mol. The molecule has 0 bridgehead atoms. The minimum atomic E-state index is -4.84. The highest BCUT2D eigenvalue weighted by Gasteiger charge is 2.32. The Bertz CT molecular complexity index is 1120. The zero-order valence-corrected chi connectivity index (χ0v) is 18.8. The number of hydrogen-bond donors (Lipinski definition) is 2. The minimum absolute atomic E-state index is 0.212. The Hall–Kier alpha value is -2.11. The maximum absolute atomic E-state index is 12.4. The molecule has 166 valence electrons. The normalized spacial score (nSPS) is 12.8. The highest BCUT2D eigenvalue weighted by atomic mass is 35.5. The average Bonchev–Trinajstić information content (AvgIpc) is 2.66. The van der Waals surface area contributed by atoms with Crippen molar-refractivity contribution in [2.45, 2.75) is 13.3 Å². The van der Waals surface area contributed by atoms with Gasteiger partial charge < -0.3 is 14.6 Å². The summed E-state index contributed by atoms with van der Waals surface area (Å²) in [5.41, 5.74) is 2.18. The molecule has 0 spiro atoms. The number of nitrogens with zero attached hydrogens (tertiary/aromatic N) is 2. The molecular weight excluding hydrogens is 476 g/mol. The highest BCUT2D eigenvalue weighted by Crippen LogP contribution is 2.35. The molecule has 0 aliphatic heterocycles. The van der Waals surface area contributed by atoms with Crippen LogP contribution in [0.15, 0.2) is 36.4 Å². The zero-order chi connectivity index (χ0) is 22.9. The lowest BCUT2D eigenvalue weighted by atomic mass is 10.1. The number of rotatable bonds is 6. The standard InChI is InChI=1S/C19H17Cl2F3N4O2S/c1-10-8-12-15(27-31(29)28(2)3)6-5-13(20)17(12)26-18(10)25-11-4-7-16(14(21)9-11)30-19(22,23)24/h4-9,27H,1-3H3,(H,25,26). The number of ether oxygens (including phenoxy) is 1. The molecule has 0 saturated heterocycles. The molecule has 3 rings (SSSR count). The van der Waals surface area contributed by atoms with Crippen molar-refractivity contribution >= 4 is 62.8 Å². The lowest BCUT2D eigenvalue weighted by Crippen LogP contribution is -2.29. The predicted molar refractivity (Wildman–Crippen MR) is 118 cm³/mol. The molecule has 1 aromatic heterocycles. The van der Waals surface area contributed by atoms with Gasteiger partial charge in [0.1, 0.15) is 11.6 Å². The quantitative estimate of drug-likeness (QED) is 0.408. The van der Waals surface area contributed by atoms with E-state index in [4.69, 9.17) is 23.2 Å². The second-order valence-electron chi connectivity index (χ2n) is 6.63. The van der Waals surface area contributed by atoms with Crippen molar-refractivity contribution in [3.63, 3.8) is 0 Å². The molecule has 0 saturated carbocycles. The molecule has 6 nitrogen and oxygen atoms in total. The van der Waals surface area contributed by atoms with Gasteiger partial charge in [-0.1, -0.05) is 23.2 Å². The molecule has 2 aromatic carbocycles. The molecule has 0 radical (unpaired) electrons. The van der Waals surface area contributed by atoms with Gasteiger partial charge in [0, 0.05) is 25.2 Å². The third kappa shape index (κ3) is 5.78. The lowest BCUT2D eigenvalue weighted by molar-refractivity contribution is -0.274. The summed E-state index contributed by atoms with van der Waals surface area (Å²) in [5, 5.41) is 3.85. The summed E-state index contributed by atoms with van der Waals surface area (Å²) in [6.45, 7) is 1.80. The van der Waals surface area contributed by atoms with Crippen LogP contribution in [0.2, 0.25) is 10.0 Å². The third-order valence-corrected chi connectivity index (χ3v) is 5.73. The van der Waals surface area contributed by atoms with Crippen LogP contribution in [0.3, 0.4) is 0 Å². The lowest BCUT2D eigenvalue weighted by Gasteiger charge is -2.18. The van der Waals surface area contributed by atoms with E-state index >= 15 is 0 Å². The van der Waals surface area contributed by atoms with Gasteiger partial charge in [0.2, 0.25) is 0 Å². The van der Waals surface area contributed by atoms with Gasteiger partial charge in [-0.2, -0.15) is 4.72 Å². The first-order valence-electron chi connectivity index (χ1n) is 8.72. The van der Waals surface area contributed by atoms with Gasteiger partial charge in [-0.15, -0.1) is 17.5 Å². The Morgan fingerprint density at radius 3 is 2.42 bits per heavy atom. The van der Waals surface area contributed by atoms with E-state index in [2.05, 4.69) is 19.8 Å². The van der Waals surface area contributed by atoms with Crippen LogP contribution in [0, 0.1) is 6.92 Å². The van der Waals surface area contributed by atoms with Crippen LogP contribution in [0.5, 0.6) is 5.75 Å². The molecule has 1 heterocycles. The summed E-state index contributed by atoms with van der Waals surface area (Å²) < 4.78 is 57.7. The molecule has 2 N–H and O–H groups in total. The number of aromatic nitrogens is 1. The summed E-state index contributed by atoms with van der Waals surface area (Å²) in [6, 6.07) is 8.95. The number of benzene rings is 2. The fourth-order valence-corrected chi connectivity index (χ4v) is 3.62. The first-order chi connectivity index (χ1) is 14.4. The van der Waals surface area contributed by atoms with Crippen molar-refractivity contribution in [3.05, 3.63) is 52.0 Å². The van der Waals surface area contributed by atoms with Crippen molar-refractivity contribution in [2.24, 2.45) is 0 Å². The molecule has 0 aliphatic carbocycles. The van der Waals surface area contributed by atoms with E-state index in [1.165, 1.54) is 16.4 Å². The fourth-order valence-electron chi connectivity index (χ4n) is 2.65. The van der Waals surface area contributed by atoms with Crippen molar-refractivity contribution in [2.75, 3.05) is 24.1 Å². The molecular formula is C19H17Cl2F3N4O2S. The second-order valence-corrected chi connectivity index (χ2v) is 8.87. The number of aryl methyl sites for hydroxylation is 1. The summed E-state index contributed by atoms with van der Waals surface area (Å²) in [7, 11) is 3.34. The van der Waals surface area contributed by atoms with Gasteiger partial charge in [-0.3, -0.25) is 0 Å². The van der Waals surface area contributed by atoms with E-state index in [-0.39, 0.29) is 5.02 Å². The largest absolute Gasteiger partial charge is 0.573 e. The van der Waals surface area contributed by atoms with E-state index in [0.29, 0.717) is 33.1 Å². The molecule has 1 atom stereocenters. The molecule has 3 aromatic rings. The SMILES string of the molecule is Cc1cc2c(N[S+]([O-])N(C)C)ccc(Cl)c2nc1Nc1ccc(OC(F)(F)F)c(Cl)c1. The molecule has 0 amide bonds. The van der Waals surface area contributed by atoms with Gasteiger partial charge in [0.15, 0.2) is 11.5 Å². The van der Waals surface area contributed by atoms with Crippen LogP contribution < -0.4 is 14.8 Å². The molecule has 31 heavy (non-hydrogen) atoms. The van der Waals surface area contributed by atoms with Crippen LogP contribution in [-0.2, 0) is 11.5 Å². The van der Waals surface area contributed by atoms with Crippen LogP contribution in [0.25, 0.3) is 10.9 Å². The molecule has 0 aliphatic rings. The second kappa shape index (κ2) is 9.17. The Morgan fingerprint density at radius 1 is 1.10 bits per heavy atom. The first kappa shape index (κ1) is 23.6. The van der Waals surface area contributed by atoms with Gasteiger partial charge in [0.05, 0.1) is 21.2 Å². The number of hydrogen-bond acceptors (Lipinski definition) is 6. The smallest absolute Gasteiger partial charge is 0.573 e. The monoisotopic (exact) mass is 492 g/mol. The number of anilines is 3. The number of alkyl halides is 3.